The molecule has 1 aliphatic heterocycles. The van der Waals surface area contributed by atoms with Crippen LogP contribution in [0.1, 0.15) is 30.7 Å². The second kappa shape index (κ2) is 7.56. The van der Waals surface area contributed by atoms with Gasteiger partial charge < -0.3 is 4.90 Å². The quantitative estimate of drug-likeness (QED) is 0.540. The maximum Gasteiger partial charge on any atom is 0.0108 e. The lowest BCUT2D eigenvalue weighted by molar-refractivity contribution is 0.311. The second-order valence-electron chi connectivity index (χ2n) is 5.06. The van der Waals surface area contributed by atoms with Gasteiger partial charge in [0.15, 0.2) is 0 Å². The smallest absolute Gasteiger partial charge is 0.0108 e. The van der Waals surface area contributed by atoms with Gasteiger partial charge in [-0.15, -0.1) is 11.8 Å². The van der Waals surface area contributed by atoms with E-state index >= 15 is 0 Å². The number of benzene rings is 1. The van der Waals surface area contributed by atoms with Crippen molar-refractivity contribution in [1.82, 2.24) is 4.90 Å². The average molecular weight is 328 g/mol. The van der Waals surface area contributed by atoms with E-state index in [1.54, 1.807) is 5.56 Å². The van der Waals surface area contributed by atoms with Crippen molar-refractivity contribution in [3.63, 3.8) is 0 Å². The fourth-order valence-corrected chi connectivity index (χ4v) is 4.14. The maximum atomic E-state index is 3.49. The fraction of sp³-hybridized carbons (Fsp3) is 0.600. The molecule has 18 heavy (non-hydrogen) atoms. The molecular formula is C15H22BrNS. The van der Waals surface area contributed by atoms with Gasteiger partial charge >= 0.3 is 0 Å². The third-order valence-corrected chi connectivity index (χ3v) is 5.32. The standard InChI is InChI=1S/C15H22BrNS/c1-17(10-6-2-5-9-16)11-13-12-18-15-8-4-3-7-14(13)15/h3-4,7-8,13H,2,5-6,9-12H2,1H3. The Morgan fingerprint density at radius 2 is 2.11 bits per heavy atom. The zero-order valence-corrected chi connectivity index (χ0v) is 13.5. The summed E-state index contributed by atoms with van der Waals surface area (Å²) in [6.45, 7) is 2.44. The van der Waals surface area contributed by atoms with E-state index in [2.05, 4.69) is 52.1 Å². The first-order valence-electron chi connectivity index (χ1n) is 6.77. The summed E-state index contributed by atoms with van der Waals surface area (Å²) in [6, 6.07) is 8.89. The van der Waals surface area contributed by atoms with Crippen LogP contribution in [0, 0.1) is 0 Å². The number of hydrogen-bond donors (Lipinski definition) is 0. The Balaban J connectivity index is 1.77. The molecule has 2 rings (SSSR count). The molecule has 1 unspecified atom stereocenters. The molecule has 0 spiro atoms. The van der Waals surface area contributed by atoms with Gasteiger partial charge in [-0.3, -0.25) is 0 Å². The number of unbranched alkanes of at least 4 members (excludes halogenated alkanes) is 2. The lowest BCUT2D eigenvalue weighted by atomic mass is 10.0. The Kier molecular flexibility index (Phi) is 6.06. The summed E-state index contributed by atoms with van der Waals surface area (Å²) >= 11 is 5.51. The van der Waals surface area contributed by atoms with Crippen molar-refractivity contribution >= 4 is 27.7 Å². The predicted octanol–water partition coefficient (Wildman–Crippen LogP) is 4.37. The highest BCUT2D eigenvalue weighted by molar-refractivity contribution is 9.09. The van der Waals surface area contributed by atoms with Gasteiger partial charge in [0.05, 0.1) is 0 Å². The third kappa shape index (κ3) is 4.01. The van der Waals surface area contributed by atoms with Crippen LogP contribution in [0.4, 0.5) is 0 Å². The van der Waals surface area contributed by atoms with Crippen LogP contribution in [-0.4, -0.2) is 36.1 Å². The fourth-order valence-electron chi connectivity index (χ4n) is 2.50. The van der Waals surface area contributed by atoms with E-state index in [0.717, 1.165) is 11.2 Å². The summed E-state index contributed by atoms with van der Waals surface area (Å²) in [5.74, 6) is 1.98. The lowest BCUT2D eigenvalue weighted by Crippen LogP contribution is -2.25. The Morgan fingerprint density at radius 1 is 1.28 bits per heavy atom. The molecule has 0 aliphatic carbocycles. The molecule has 0 amide bonds. The average Bonchev–Trinajstić information content (AvgIpc) is 2.78. The Morgan fingerprint density at radius 3 is 2.94 bits per heavy atom. The predicted molar refractivity (Wildman–Crippen MR) is 85.0 cm³/mol. The van der Waals surface area contributed by atoms with Gasteiger partial charge in [-0.25, -0.2) is 0 Å². The molecule has 0 saturated carbocycles. The highest BCUT2D eigenvalue weighted by Gasteiger charge is 2.23. The van der Waals surface area contributed by atoms with Crippen molar-refractivity contribution in [3.8, 4) is 0 Å². The molecule has 0 saturated heterocycles. The minimum absolute atomic E-state index is 0.729. The van der Waals surface area contributed by atoms with Crippen molar-refractivity contribution in [2.45, 2.75) is 30.1 Å². The summed E-state index contributed by atoms with van der Waals surface area (Å²) < 4.78 is 0. The molecule has 1 aromatic carbocycles. The molecule has 0 N–H and O–H groups in total. The highest BCUT2D eigenvalue weighted by Crippen LogP contribution is 2.39. The van der Waals surface area contributed by atoms with Crippen LogP contribution in [0.3, 0.4) is 0 Å². The van der Waals surface area contributed by atoms with E-state index in [4.69, 9.17) is 0 Å². The van der Waals surface area contributed by atoms with Crippen LogP contribution in [0.5, 0.6) is 0 Å². The molecule has 1 atom stereocenters. The first-order chi connectivity index (χ1) is 8.81. The number of halogens is 1. The zero-order valence-electron chi connectivity index (χ0n) is 11.1. The molecule has 1 heterocycles. The summed E-state index contributed by atoms with van der Waals surface area (Å²) in [4.78, 5) is 4.00. The zero-order chi connectivity index (χ0) is 12.8. The molecule has 0 bridgehead atoms. The van der Waals surface area contributed by atoms with E-state index in [9.17, 15) is 0 Å². The number of likely N-dealkylation sites (N-methyl/N-ethyl adjacent to an activating group) is 1. The van der Waals surface area contributed by atoms with E-state index in [-0.39, 0.29) is 0 Å². The number of thioether (sulfide) groups is 1. The van der Waals surface area contributed by atoms with Crippen molar-refractivity contribution in [1.29, 1.82) is 0 Å². The van der Waals surface area contributed by atoms with E-state index < -0.39 is 0 Å². The van der Waals surface area contributed by atoms with Gasteiger partial charge in [-0.2, -0.15) is 0 Å². The van der Waals surface area contributed by atoms with Crippen LogP contribution in [-0.2, 0) is 0 Å². The molecule has 1 aliphatic rings. The van der Waals surface area contributed by atoms with Gasteiger partial charge in [0.25, 0.3) is 0 Å². The van der Waals surface area contributed by atoms with Crippen LogP contribution in [0.15, 0.2) is 29.2 Å². The van der Waals surface area contributed by atoms with Gasteiger partial charge in [0, 0.05) is 28.4 Å². The molecular weight excluding hydrogens is 306 g/mol. The highest BCUT2D eigenvalue weighted by atomic mass is 79.9. The van der Waals surface area contributed by atoms with Crippen LogP contribution < -0.4 is 0 Å². The monoisotopic (exact) mass is 327 g/mol. The SMILES string of the molecule is CN(CCCCCBr)CC1CSc2ccccc21. The number of nitrogens with zero attached hydrogens (tertiary/aromatic N) is 1. The molecule has 0 fully saturated rings. The number of rotatable bonds is 7. The third-order valence-electron chi connectivity index (χ3n) is 3.50. The van der Waals surface area contributed by atoms with Crippen LogP contribution in [0.2, 0.25) is 0 Å². The number of alkyl halides is 1. The van der Waals surface area contributed by atoms with E-state index in [1.165, 1.54) is 43.0 Å². The minimum atomic E-state index is 0.729. The normalized spacial score (nSPS) is 18.3. The van der Waals surface area contributed by atoms with Crippen molar-refractivity contribution in [2.75, 3.05) is 31.2 Å². The Hall–Kier alpha value is 0.0100. The topological polar surface area (TPSA) is 3.24 Å². The van der Waals surface area contributed by atoms with Crippen molar-refractivity contribution < 1.29 is 0 Å². The minimum Gasteiger partial charge on any atom is -0.306 e. The van der Waals surface area contributed by atoms with Gasteiger partial charge in [0.2, 0.25) is 0 Å². The van der Waals surface area contributed by atoms with Crippen molar-refractivity contribution in [2.24, 2.45) is 0 Å². The largest absolute Gasteiger partial charge is 0.306 e. The molecule has 0 radical (unpaired) electrons. The van der Waals surface area contributed by atoms with Gasteiger partial charge in [0.1, 0.15) is 0 Å². The van der Waals surface area contributed by atoms with E-state index in [0.29, 0.717) is 0 Å². The molecule has 0 aromatic heterocycles. The van der Waals surface area contributed by atoms with Crippen LogP contribution in [0.25, 0.3) is 0 Å². The number of fused-ring (bicyclic) bond motifs is 1. The Labute approximate surface area is 123 Å². The first kappa shape index (κ1) is 14.4. The number of hydrogen-bond acceptors (Lipinski definition) is 2. The summed E-state index contributed by atoms with van der Waals surface area (Å²) in [7, 11) is 2.26. The summed E-state index contributed by atoms with van der Waals surface area (Å²) in [6.07, 6.45) is 3.96. The van der Waals surface area contributed by atoms with Gasteiger partial charge in [-0.05, 0) is 38.1 Å². The molecule has 1 nitrogen and oxygen atoms in total. The van der Waals surface area contributed by atoms with Gasteiger partial charge in [-0.1, -0.05) is 40.5 Å². The van der Waals surface area contributed by atoms with E-state index in [1.807, 2.05) is 11.8 Å². The summed E-state index contributed by atoms with van der Waals surface area (Å²) in [5, 5.41) is 1.14. The maximum absolute atomic E-state index is 3.49. The second-order valence-corrected chi connectivity index (χ2v) is 6.91. The van der Waals surface area contributed by atoms with Crippen LogP contribution >= 0.6 is 27.7 Å². The first-order valence-corrected chi connectivity index (χ1v) is 8.88. The molecule has 1 aromatic rings. The lowest BCUT2D eigenvalue weighted by Gasteiger charge is -2.21. The molecule has 3 heteroatoms. The molecule has 100 valence electrons. The van der Waals surface area contributed by atoms with Crippen molar-refractivity contribution in [3.05, 3.63) is 29.8 Å². The Bertz CT molecular complexity index is 369. The summed E-state index contributed by atoms with van der Waals surface area (Å²) in [5.41, 5.74) is 1.56.